The van der Waals surface area contributed by atoms with Crippen LogP contribution in [-0.4, -0.2) is 16.5 Å². The number of amidine groups is 1. The summed E-state index contributed by atoms with van der Waals surface area (Å²) in [6.07, 6.45) is 1.38. The Kier molecular flexibility index (Phi) is 5.66. The van der Waals surface area contributed by atoms with Crippen molar-refractivity contribution >= 4 is 34.7 Å². The molecule has 0 heterocycles. The summed E-state index contributed by atoms with van der Waals surface area (Å²) in [6.45, 7) is 0. The maximum Gasteiger partial charge on any atom is 0.180 e. The molecule has 0 aliphatic heterocycles. The van der Waals surface area contributed by atoms with Gasteiger partial charge in [-0.05, 0) is 17.7 Å². The third-order valence-electron chi connectivity index (χ3n) is 2.60. The summed E-state index contributed by atoms with van der Waals surface area (Å²) in [6, 6.07) is 14.8. The van der Waals surface area contributed by atoms with Crippen molar-refractivity contribution in [1.82, 2.24) is 0 Å². The van der Waals surface area contributed by atoms with E-state index >= 15 is 0 Å². The van der Waals surface area contributed by atoms with Gasteiger partial charge >= 0.3 is 0 Å². The van der Waals surface area contributed by atoms with Crippen LogP contribution in [0.2, 0.25) is 5.02 Å². The lowest BCUT2D eigenvalue weighted by Gasteiger charge is -2.00. The lowest BCUT2D eigenvalue weighted by molar-refractivity contribution is 0.474. The van der Waals surface area contributed by atoms with Gasteiger partial charge in [-0.1, -0.05) is 59.8 Å². The quantitative estimate of drug-likeness (QED) is 0.513. The number of benzene rings is 2. The first-order valence-corrected chi connectivity index (χ1v) is 7.54. The van der Waals surface area contributed by atoms with E-state index in [4.69, 9.17) is 17.3 Å². The number of thioether (sulfide) groups is 1. The fourth-order valence-electron chi connectivity index (χ4n) is 1.56. The van der Waals surface area contributed by atoms with Gasteiger partial charge in [0.25, 0.3) is 0 Å². The molecule has 0 saturated heterocycles. The predicted octanol–water partition coefficient (Wildman–Crippen LogP) is 3.63. The summed E-state index contributed by atoms with van der Waals surface area (Å²) in [5, 5.41) is 18.1. The maximum absolute atomic E-state index is 9.65. The van der Waals surface area contributed by atoms with Crippen LogP contribution in [0.4, 0.5) is 0 Å². The zero-order valence-electron chi connectivity index (χ0n) is 11.1. The van der Waals surface area contributed by atoms with Gasteiger partial charge in [0, 0.05) is 5.75 Å². The number of nitrogens with zero attached hydrogens (tertiary/aromatic N) is 2. The summed E-state index contributed by atoms with van der Waals surface area (Å²) in [5.74, 6) is 0.778. The molecule has 0 aromatic heterocycles. The summed E-state index contributed by atoms with van der Waals surface area (Å²) in [7, 11) is 0. The van der Waals surface area contributed by atoms with E-state index in [0.717, 1.165) is 11.3 Å². The molecule has 3 N–H and O–H groups in total. The molecule has 4 nitrogen and oxygen atoms in total. The van der Waals surface area contributed by atoms with E-state index in [9.17, 15) is 5.11 Å². The molecule has 0 amide bonds. The number of hydrogen-bond donors (Lipinski definition) is 2. The Morgan fingerprint density at radius 2 is 1.95 bits per heavy atom. The van der Waals surface area contributed by atoms with Crippen LogP contribution >= 0.6 is 23.4 Å². The summed E-state index contributed by atoms with van der Waals surface area (Å²) >= 11 is 7.34. The van der Waals surface area contributed by atoms with Crippen molar-refractivity contribution in [3.8, 4) is 5.75 Å². The van der Waals surface area contributed by atoms with Crippen LogP contribution < -0.4 is 5.73 Å². The average Bonchev–Trinajstić information content (AvgIpc) is 2.49. The fourth-order valence-corrected chi connectivity index (χ4v) is 2.39. The van der Waals surface area contributed by atoms with Crippen LogP contribution in [0.1, 0.15) is 11.1 Å². The highest BCUT2D eigenvalue weighted by atomic mass is 35.5. The number of phenolic OH excluding ortho intramolecular Hbond substituents is 1. The molecule has 0 aliphatic rings. The van der Waals surface area contributed by atoms with Gasteiger partial charge in [0.05, 0.1) is 16.8 Å². The van der Waals surface area contributed by atoms with Gasteiger partial charge in [0.2, 0.25) is 0 Å². The van der Waals surface area contributed by atoms with Gasteiger partial charge in [0.15, 0.2) is 5.17 Å². The van der Waals surface area contributed by atoms with Gasteiger partial charge in [-0.3, -0.25) is 0 Å². The van der Waals surface area contributed by atoms with Crippen molar-refractivity contribution in [2.75, 3.05) is 0 Å². The molecule has 0 saturated carbocycles. The number of aromatic hydroxyl groups is 1. The van der Waals surface area contributed by atoms with Crippen molar-refractivity contribution in [2.24, 2.45) is 15.9 Å². The molecule has 0 atom stereocenters. The molecule has 21 heavy (non-hydrogen) atoms. The molecule has 0 aliphatic carbocycles. The Balaban J connectivity index is 1.95. The zero-order chi connectivity index (χ0) is 15.1. The zero-order valence-corrected chi connectivity index (χ0v) is 12.7. The lowest BCUT2D eigenvalue weighted by Crippen LogP contribution is -2.06. The molecule has 6 heteroatoms. The highest BCUT2D eigenvalue weighted by Crippen LogP contribution is 2.23. The minimum absolute atomic E-state index is 0.0527. The van der Waals surface area contributed by atoms with E-state index in [2.05, 4.69) is 10.2 Å². The predicted molar refractivity (Wildman–Crippen MR) is 90.1 cm³/mol. The normalized spacial score (nSPS) is 12.0. The molecule has 2 aromatic rings. The second-order valence-electron chi connectivity index (χ2n) is 4.13. The minimum atomic E-state index is 0.0527. The molecule has 0 unspecified atom stereocenters. The smallest absolute Gasteiger partial charge is 0.180 e. The van der Waals surface area contributed by atoms with Gasteiger partial charge in [-0.25, -0.2) is 0 Å². The first-order chi connectivity index (χ1) is 10.2. The Morgan fingerprint density at radius 3 is 2.67 bits per heavy atom. The lowest BCUT2D eigenvalue weighted by atomic mass is 10.2. The molecule has 2 rings (SSSR count). The number of phenols is 1. The first-order valence-electron chi connectivity index (χ1n) is 6.17. The third kappa shape index (κ3) is 4.81. The number of halogens is 1. The second kappa shape index (κ2) is 7.71. The van der Waals surface area contributed by atoms with Crippen molar-refractivity contribution in [1.29, 1.82) is 0 Å². The van der Waals surface area contributed by atoms with Crippen LogP contribution in [0.15, 0.2) is 58.7 Å². The van der Waals surface area contributed by atoms with Gasteiger partial charge in [0.1, 0.15) is 5.75 Å². The SMILES string of the molecule is NC(=NN=Cc1c(O)cccc1Cl)SCc1ccccc1. The highest BCUT2D eigenvalue weighted by Gasteiger charge is 2.02. The van der Waals surface area contributed by atoms with E-state index in [1.54, 1.807) is 12.1 Å². The van der Waals surface area contributed by atoms with Crippen LogP contribution in [0.25, 0.3) is 0 Å². The molecule has 108 valence electrons. The topological polar surface area (TPSA) is 71.0 Å². The van der Waals surface area contributed by atoms with Crippen LogP contribution in [0.3, 0.4) is 0 Å². The van der Waals surface area contributed by atoms with E-state index in [1.165, 1.54) is 24.0 Å². The Hall–Kier alpha value is -1.98. The van der Waals surface area contributed by atoms with Gasteiger partial charge in [-0.15, -0.1) is 5.10 Å². The largest absolute Gasteiger partial charge is 0.507 e. The van der Waals surface area contributed by atoms with Crippen LogP contribution in [0, 0.1) is 0 Å². The van der Waals surface area contributed by atoms with Crippen molar-refractivity contribution < 1.29 is 5.11 Å². The van der Waals surface area contributed by atoms with Crippen LogP contribution in [0.5, 0.6) is 5.75 Å². The van der Waals surface area contributed by atoms with E-state index in [0.29, 0.717) is 15.8 Å². The molecule has 0 fully saturated rings. The second-order valence-corrected chi connectivity index (χ2v) is 5.53. The maximum atomic E-state index is 9.65. The monoisotopic (exact) mass is 319 g/mol. The fraction of sp³-hybridized carbons (Fsp3) is 0.0667. The Bertz CT molecular complexity index is 639. The average molecular weight is 320 g/mol. The number of hydrogen-bond acceptors (Lipinski definition) is 4. The van der Waals surface area contributed by atoms with Crippen LogP contribution in [-0.2, 0) is 5.75 Å². The highest BCUT2D eigenvalue weighted by molar-refractivity contribution is 8.13. The Labute approximate surface area is 132 Å². The summed E-state index contributed by atoms with van der Waals surface area (Å²) in [4.78, 5) is 0. The van der Waals surface area contributed by atoms with Gasteiger partial charge < -0.3 is 10.8 Å². The molecule has 0 spiro atoms. The molecular formula is C15H14ClN3OS. The van der Waals surface area contributed by atoms with Crippen molar-refractivity contribution in [3.63, 3.8) is 0 Å². The molecular weight excluding hydrogens is 306 g/mol. The number of rotatable bonds is 4. The minimum Gasteiger partial charge on any atom is -0.507 e. The molecule has 0 bridgehead atoms. The van der Waals surface area contributed by atoms with E-state index in [1.807, 2.05) is 30.3 Å². The third-order valence-corrected chi connectivity index (χ3v) is 3.79. The van der Waals surface area contributed by atoms with Crippen molar-refractivity contribution in [3.05, 3.63) is 64.7 Å². The van der Waals surface area contributed by atoms with Gasteiger partial charge in [-0.2, -0.15) is 5.10 Å². The Morgan fingerprint density at radius 1 is 1.19 bits per heavy atom. The number of nitrogens with two attached hydrogens (primary N) is 1. The summed E-state index contributed by atoms with van der Waals surface area (Å²) < 4.78 is 0. The van der Waals surface area contributed by atoms with E-state index < -0.39 is 0 Å². The molecule has 0 radical (unpaired) electrons. The standard InChI is InChI=1S/C15H14ClN3OS/c16-13-7-4-8-14(20)12(13)9-18-19-15(17)21-10-11-5-2-1-3-6-11/h1-9,20H,10H2,(H2,17,19). The van der Waals surface area contributed by atoms with Crippen molar-refractivity contribution in [2.45, 2.75) is 5.75 Å². The molecule has 2 aromatic carbocycles. The summed E-state index contributed by atoms with van der Waals surface area (Å²) in [5.41, 5.74) is 7.35. The van der Waals surface area contributed by atoms with E-state index in [-0.39, 0.29) is 5.75 Å². The first kappa shape index (κ1) is 15.4.